The molecule has 0 radical (unpaired) electrons. The van der Waals surface area contributed by atoms with E-state index >= 15 is 0 Å². The molecule has 3 fully saturated rings. The van der Waals surface area contributed by atoms with Crippen molar-refractivity contribution in [2.75, 3.05) is 57.3 Å². The monoisotopic (exact) mass is 340 g/mol. The van der Waals surface area contributed by atoms with Crippen LogP contribution in [0, 0.1) is 0 Å². The third kappa shape index (κ3) is 4.17. The largest absolute Gasteiger partial charge is 0.344 e. The van der Waals surface area contributed by atoms with Gasteiger partial charge in [0.2, 0.25) is 17.7 Å². The lowest BCUT2D eigenvalue weighted by atomic mass is 10.2. The Hall–Kier alpha value is -1.28. The Labute approximate surface area is 140 Å². The SMILES string of the molecule is O=C1CCC(C(=O)N2CCN(CC(=O)N3CCSCC3)CC2)N1. The van der Waals surface area contributed by atoms with Gasteiger partial charge in [-0.25, -0.2) is 0 Å². The van der Waals surface area contributed by atoms with Gasteiger partial charge in [0.15, 0.2) is 0 Å². The number of piperazine rings is 1. The fourth-order valence-corrected chi connectivity index (χ4v) is 4.15. The van der Waals surface area contributed by atoms with E-state index in [4.69, 9.17) is 0 Å². The van der Waals surface area contributed by atoms with Gasteiger partial charge >= 0.3 is 0 Å². The van der Waals surface area contributed by atoms with Crippen LogP contribution in [0.3, 0.4) is 0 Å². The Kier molecular flexibility index (Phi) is 5.42. The van der Waals surface area contributed by atoms with E-state index in [1.54, 1.807) is 0 Å². The number of rotatable bonds is 3. The summed E-state index contributed by atoms with van der Waals surface area (Å²) in [7, 11) is 0. The van der Waals surface area contributed by atoms with Crippen LogP contribution in [0.25, 0.3) is 0 Å². The van der Waals surface area contributed by atoms with Crippen LogP contribution >= 0.6 is 11.8 Å². The first-order valence-corrected chi connectivity index (χ1v) is 9.45. The van der Waals surface area contributed by atoms with Crippen LogP contribution in [0.1, 0.15) is 12.8 Å². The van der Waals surface area contributed by atoms with Crippen LogP contribution in [0.15, 0.2) is 0 Å². The summed E-state index contributed by atoms with van der Waals surface area (Å²) in [5.41, 5.74) is 0. The van der Waals surface area contributed by atoms with E-state index in [-0.39, 0.29) is 23.8 Å². The quantitative estimate of drug-likeness (QED) is 0.712. The van der Waals surface area contributed by atoms with E-state index in [9.17, 15) is 14.4 Å². The molecular formula is C15H24N4O3S. The number of carbonyl (C=O) groups is 3. The highest BCUT2D eigenvalue weighted by atomic mass is 32.2. The van der Waals surface area contributed by atoms with Crippen molar-refractivity contribution in [3.05, 3.63) is 0 Å². The highest BCUT2D eigenvalue weighted by Gasteiger charge is 2.32. The molecule has 1 N–H and O–H groups in total. The number of thioether (sulfide) groups is 1. The van der Waals surface area contributed by atoms with E-state index in [1.165, 1.54) is 0 Å². The summed E-state index contributed by atoms with van der Waals surface area (Å²) in [5, 5.41) is 2.73. The fourth-order valence-electron chi connectivity index (χ4n) is 3.25. The topological polar surface area (TPSA) is 73.0 Å². The number of amides is 3. The third-order valence-corrected chi connectivity index (χ3v) is 5.64. The van der Waals surface area contributed by atoms with Crippen molar-refractivity contribution >= 4 is 29.5 Å². The number of nitrogens with zero attached hydrogens (tertiary/aromatic N) is 3. The highest BCUT2D eigenvalue weighted by Crippen LogP contribution is 2.13. The smallest absolute Gasteiger partial charge is 0.245 e. The minimum absolute atomic E-state index is 0.0230. The molecule has 3 saturated heterocycles. The Bertz CT molecular complexity index is 473. The van der Waals surface area contributed by atoms with Gasteiger partial charge in [-0.2, -0.15) is 11.8 Å². The summed E-state index contributed by atoms with van der Waals surface area (Å²) < 4.78 is 0. The van der Waals surface area contributed by atoms with Crippen LogP contribution < -0.4 is 5.32 Å². The molecule has 0 saturated carbocycles. The molecule has 1 unspecified atom stereocenters. The molecule has 0 aromatic carbocycles. The van der Waals surface area contributed by atoms with Gasteiger partial charge < -0.3 is 15.1 Å². The molecule has 3 heterocycles. The Morgan fingerprint density at radius 2 is 1.74 bits per heavy atom. The van der Waals surface area contributed by atoms with Gasteiger partial charge in [-0.05, 0) is 6.42 Å². The summed E-state index contributed by atoms with van der Waals surface area (Å²) in [6.07, 6.45) is 1.04. The molecule has 0 aliphatic carbocycles. The summed E-state index contributed by atoms with van der Waals surface area (Å²) in [6, 6.07) is -0.346. The van der Waals surface area contributed by atoms with Crippen molar-refractivity contribution in [1.29, 1.82) is 0 Å². The number of nitrogens with one attached hydrogen (secondary N) is 1. The lowest BCUT2D eigenvalue weighted by Crippen LogP contribution is -2.55. The summed E-state index contributed by atoms with van der Waals surface area (Å²) in [5.74, 6) is 2.25. The molecule has 0 spiro atoms. The number of carbonyl (C=O) groups excluding carboxylic acids is 3. The van der Waals surface area contributed by atoms with Crippen molar-refractivity contribution in [3.8, 4) is 0 Å². The summed E-state index contributed by atoms with van der Waals surface area (Å²) >= 11 is 1.90. The second-order valence-corrected chi connectivity index (χ2v) is 7.48. The summed E-state index contributed by atoms with van der Waals surface area (Å²) in [6.45, 7) is 4.86. The normalized spacial score (nSPS) is 26.3. The maximum atomic E-state index is 12.3. The van der Waals surface area contributed by atoms with Crippen molar-refractivity contribution in [1.82, 2.24) is 20.0 Å². The molecule has 0 aromatic rings. The van der Waals surface area contributed by atoms with E-state index < -0.39 is 0 Å². The Morgan fingerprint density at radius 3 is 2.35 bits per heavy atom. The standard InChI is InChI=1S/C15H24N4O3S/c20-13-2-1-12(16-13)15(22)19-5-3-17(4-6-19)11-14(21)18-7-9-23-10-8-18/h12H,1-11H2,(H,16,20). The Morgan fingerprint density at radius 1 is 1.04 bits per heavy atom. The average molecular weight is 340 g/mol. The first-order valence-electron chi connectivity index (χ1n) is 8.29. The zero-order chi connectivity index (χ0) is 16.2. The zero-order valence-electron chi connectivity index (χ0n) is 13.3. The number of hydrogen-bond donors (Lipinski definition) is 1. The predicted molar refractivity (Wildman–Crippen MR) is 88.1 cm³/mol. The molecule has 7 nitrogen and oxygen atoms in total. The van der Waals surface area contributed by atoms with Crippen LogP contribution in [0.2, 0.25) is 0 Å². The van der Waals surface area contributed by atoms with Gasteiger partial charge in [0, 0.05) is 57.2 Å². The molecule has 3 rings (SSSR count). The zero-order valence-corrected chi connectivity index (χ0v) is 14.1. The van der Waals surface area contributed by atoms with Crippen molar-refractivity contribution in [2.24, 2.45) is 0 Å². The second-order valence-electron chi connectivity index (χ2n) is 6.25. The molecule has 3 aliphatic rings. The number of hydrogen-bond acceptors (Lipinski definition) is 5. The second kappa shape index (κ2) is 7.53. The summed E-state index contributed by atoms with van der Waals surface area (Å²) in [4.78, 5) is 41.7. The molecule has 3 aliphatic heterocycles. The maximum absolute atomic E-state index is 12.3. The van der Waals surface area contributed by atoms with Gasteiger partial charge in [-0.1, -0.05) is 0 Å². The van der Waals surface area contributed by atoms with Crippen LogP contribution in [0.4, 0.5) is 0 Å². The lowest BCUT2D eigenvalue weighted by Gasteiger charge is -2.36. The predicted octanol–water partition coefficient (Wildman–Crippen LogP) is -1.02. The molecule has 23 heavy (non-hydrogen) atoms. The van der Waals surface area contributed by atoms with Crippen LogP contribution in [-0.4, -0.2) is 95.8 Å². The molecule has 1 atom stereocenters. The third-order valence-electron chi connectivity index (χ3n) is 4.70. The fraction of sp³-hybridized carbons (Fsp3) is 0.800. The molecule has 0 bridgehead atoms. The highest BCUT2D eigenvalue weighted by molar-refractivity contribution is 7.99. The van der Waals surface area contributed by atoms with E-state index in [0.29, 0.717) is 32.5 Å². The van der Waals surface area contributed by atoms with Crippen LogP contribution in [-0.2, 0) is 14.4 Å². The molecule has 8 heteroatoms. The van der Waals surface area contributed by atoms with Gasteiger partial charge in [-0.3, -0.25) is 19.3 Å². The van der Waals surface area contributed by atoms with Crippen molar-refractivity contribution in [3.63, 3.8) is 0 Å². The molecular weight excluding hydrogens is 316 g/mol. The minimum atomic E-state index is -0.346. The van der Waals surface area contributed by atoms with E-state index in [1.807, 2.05) is 21.6 Å². The van der Waals surface area contributed by atoms with Gasteiger partial charge in [0.25, 0.3) is 0 Å². The molecule has 3 amide bonds. The van der Waals surface area contributed by atoms with Gasteiger partial charge in [0.1, 0.15) is 6.04 Å². The molecule has 128 valence electrons. The first kappa shape index (κ1) is 16.6. The molecule has 0 aromatic heterocycles. The van der Waals surface area contributed by atoms with E-state index in [0.717, 1.165) is 37.7 Å². The van der Waals surface area contributed by atoms with Gasteiger partial charge in [-0.15, -0.1) is 0 Å². The average Bonchev–Trinajstić information content (AvgIpc) is 3.02. The van der Waals surface area contributed by atoms with Crippen molar-refractivity contribution in [2.45, 2.75) is 18.9 Å². The minimum Gasteiger partial charge on any atom is -0.344 e. The lowest BCUT2D eigenvalue weighted by molar-refractivity contribution is -0.137. The van der Waals surface area contributed by atoms with Crippen LogP contribution in [0.5, 0.6) is 0 Å². The Balaban J connectivity index is 1.42. The first-order chi connectivity index (χ1) is 11.1. The van der Waals surface area contributed by atoms with Crippen molar-refractivity contribution < 1.29 is 14.4 Å². The van der Waals surface area contributed by atoms with Gasteiger partial charge in [0.05, 0.1) is 6.54 Å². The van der Waals surface area contributed by atoms with E-state index in [2.05, 4.69) is 10.2 Å². The maximum Gasteiger partial charge on any atom is 0.245 e.